The van der Waals surface area contributed by atoms with Gasteiger partial charge in [-0.3, -0.25) is 0 Å². The number of rotatable bonds is 11. The molecule has 4 nitrogen and oxygen atoms in total. The number of ether oxygens (including phenoxy) is 1. The van der Waals surface area contributed by atoms with Crippen LogP contribution in [0.3, 0.4) is 0 Å². The van der Waals surface area contributed by atoms with E-state index < -0.39 is 21.1 Å². The molecule has 2 atom stereocenters. The Kier molecular flexibility index (Phi) is 9.17. The maximum atomic E-state index is 12.5. The number of nitrogens with one attached hydrogen (secondary N) is 1. The van der Waals surface area contributed by atoms with Crippen LogP contribution in [0.2, 0.25) is 0 Å². The van der Waals surface area contributed by atoms with E-state index in [0.29, 0.717) is 17.8 Å². The summed E-state index contributed by atoms with van der Waals surface area (Å²) in [5.41, 5.74) is -4.58. The van der Waals surface area contributed by atoms with Gasteiger partial charge in [0.25, 0.3) is 0 Å². The first kappa shape index (κ1) is 25.9. The lowest BCUT2D eigenvalue weighted by Crippen LogP contribution is -2.51. The predicted molar refractivity (Wildman–Crippen MR) is 110 cm³/mol. The summed E-state index contributed by atoms with van der Waals surface area (Å²) < 4.78 is 67.2. The van der Waals surface area contributed by atoms with Crippen molar-refractivity contribution < 1.29 is 26.3 Å². The average molecular weight is 438 g/mol. The fourth-order valence-corrected chi connectivity index (χ4v) is 4.03. The third-order valence-corrected chi connectivity index (χ3v) is 6.44. The molecule has 1 aromatic carbocycles. The van der Waals surface area contributed by atoms with E-state index in [1.165, 1.54) is 19.4 Å². The molecule has 0 spiro atoms. The van der Waals surface area contributed by atoms with Gasteiger partial charge in [0.1, 0.15) is 0 Å². The molecule has 1 rings (SSSR count). The van der Waals surface area contributed by atoms with Crippen LogP contribution in [0.15, 0.2) is 24.3 Å². The van der Waals surface area contributed by atoms with Gasteiger partial charge in [0.15, 0.2) is 0 Å². The summed E-state index contributed by atoms with van der Waals surface area (Å²) in [5, 5.41) is 0. The Morgan fingerprint density at radius 1 is 1.07 bits per heavy atom. The van der Waals surface area contributed by atoms with E-state index in [2.05, 4.69) is 39.8 Å². The van der Waals surface area contributed by atoms with Gasteiger partial charge in [-0.15, -0.1) is 0 Å². The molecule has 8 heteroatoms. The van der Waals surface area contributed by atoms with E-state index in [1.54, 1.807) is 4.72 Å². The quantitative estimate of drug-likeness (QED) is 0.490. The Bertz CT molecular complexity index is 729. The molecule has 0 radical (unpaired) electrons. The zero-order valence-corrected chi connectivity index (χ0v) is 19.0. The molecule has 1 aromatic rings. The molecule has 168 valence electrons. The fourth-order valence-electron chi connectivity index (χ4n) is 3.13. The number of halogens is 3. The van der Waals surface area contributed by atoms with Crippen LogP contribution < -0.4 is 4.72 Å². The Labute approximate surface area is 173 Å². The first-order valence-corrected chi connectivity index (χ1v) is 11.4. The Morgan fingerprint density at radius 3 is 2.07 bits per heavy atom. The SMILES string of the molecule is CCC(C)CC(c1ccc(COCC(C)(C)NS(=O)(=O)C(F)(F)F)cc1)C(C)C. The summed E-state index contributed by atoms with van der Waals surface area (Å²) in [6, 6.07) is 8.05. The van der Waals surface area contributed by atoms with Gasteiger partial charge in [0.05, 0.1) is 18.8 Å². The van der Waals surface area contributed by atoms with Crippen molar-refractivity contribution in [2.75, 3.05) is 6.61 Å². The van der Waals surface area contributed by atoms with E-state index in [0.717, 1.165) is 18.4 Å². The van der Waals surface area contributed by atoms with Crippen molar-refractivity contribution in [2.24, 2.45) is 11.8 Å². The molecule has 0 aliphatic heterocycles. The van der Waals surface area contributed by atoms with Crippen LogP contribution in [0.4, 0.5) is 13.2 Å². The molecular formula is C21H34F3NO3S. The number of hydrogen-bond acceptors (Lipinski definition) is 3. The van der Waals surface area contributed by atoms with Crippen LogP contribution in [0.25, 0.3) is 0 Å². The minimum Gasteiger partial charge on any atom is -0.375 e. The van der Waals surface area contributed by atoms with Crippen molar-refractivity contribution in [3.63, 3.8) is 0 Å². The van der Waals surface area contributed by atoms with Crippen LogP contribution in [-0.2, 0) is 21.4 Å². The number of sulfonamides is 1. The number of hydrogen-bond donors (Lipinski definition) is 1. The highest BCUT2D eigenvalue weighted by Gasteiger charge is 2.48. The Morgan fingerprint density at radius 2 is 1.62 bits per heavy atom. The van der Waals surface area contributed by atoms with Gasteiger partial charge in [-0.25, -0.2) is 8.42 Å². The number of alkyl halides is 3. The maximum Gasteiger partial charge on any atom is 0.511 e. The first-order chi connectivity index (χ1) is 13.2. The summed E-state index contributed by atoms with van der Waals surface area (Å²) >= 11 is 0. The molecule has 0 aliphatic carbocycles. The molecule has 0 aliphatic rings. The molecule has 29 heavy (non-hydrogen) atoms. The van der Waals surface area contributed by atoms with E-state index in [4.69, 9.17) is 4.74 Å². The zero-order chi connectivity index (χ0) is 22.5. The highest BCUT2D eigenvalue weighted by molar-refractivity contribution is 7.90. The summed E-state index contributed by atoms with van der Waals surface area (Å²) in [4.78, 5) is 0. The summed E-state index contributed by atoms with van der Waals surface area (Å²) in [5.74, 6) is 1.64. The summed E-state index contributed by atoms with van der Waals surface area (Å²) in [6.07, 6.45) is 2.26. The molecule has 0 bridgehead atoms. The van der Waals surface area contributed by atoms with Gasteiger partial charge in [-0.05, 0) is 49.1 Å². The molecule has 0 saturated carbocycles. The monoisotopic (exact) mass is 437 g/mol. The molecular weight excluding hydrogens is 403 g/mol. The van der Waals surface area contributed by atoms with Crippen molar-refractivity contribution in [2.45, 2.75) is 78.0 Å². The predicted octanol–water partition coefficient (Wildman–Crippen LogP) is 5.60. The third-order valence-electron chi connectivity index (χ3n) is 5.01. The minimum atomic E-state index is -5.42. The normalized spacial score (nSPS) is 15.5. The van der Waals surface area contributed by atoms with Crippen molar-refractivity contribution >= 4 is 10.0 Å². The van der Waals surface area contributed by atoms with Crippen molar-refractivity contribution in [1.29, 1.82) is 0 Å². The maximum absolute atomic E-state index is 12.5. The smallest absolute Gasteiger partial charge is 0.375 e. The van der Waals surface area contributed by atoms with Crippen LogP contribution in [0.1, 0.15) is 71.4 Å². The van der Waals surface area contributed by atoms with Gasteiger partial charge in [0, 0.05) is 0 Å². The van der Waals surface area contributed by atoms with Gasteiger partial charge in [-0.1, -0.05) is 58.4 Å². The fraction of sp³-hybridized carbons (Fsp3) is 0.714. The lowest BCUT2D eigenvalue weighted by Gasteiger charge is -2.26. The van der Waals surface area contributed by atoms with E-state index in [-0.39, 0.29) is 13.2 Å². The summed E-state index contributed by atoms with van der Waals surface area (Å²) in [6.45, 7) is 11.6. The molecule has 0 saturated heterocycles. The molecule has 0 aromatic heterocycles. The molecule has 1 N–H and O–H groups in total. The highest BCUT2D eigenvalue weighted by Crippen LogP contribution is 2.32. The van der Waals surface area contributed by atoms with Crippen molar-refractivity contribution in [3.8, 4) is 0 Å². The largest absolute Gasteiger partial charge is 0.511 e. The van der Waals surface area contributed by atoms with Crippen molar-refractivity contribution in [3.05, 3.63) is 35.4 Å². The lowest BCUT2D eigenvalue weighted by molar-refractivity contribution is -0.0462. The zero-order valence-electron chi connectivity index (χ0n) is 18.1. The molecule has 0 amide bonds. The van der Waals surface area contributed by atoms with Gasteiger partial charge < -0.3 is 4.74 Å². The van der Waals surface area contributed by atoms with Crippen LogP contribution in [0.5, 0.6) is 0 Å². The lowest BCUT2D eigenvalue weighted by atomic mass is 9.81. The van der Waals surface area contributed by atoms with Crippen LogP contribution in [-0.4, -0.2) is 26.1 Å². The molecule has 0 heterocycles. The Balaban J connectivity index is 2.68. The topological polar surface area (TPSA) is 55.4 Å². The second kappa shape index (κ2) is 10.3. The van der Waals surface area contributed by atoms with Crippen molar-refractivity contribution in [1.82, 2.24) is 4.72 Å². The molecule has 0 fully saturated rings. The standard InChI is InChI=1S/C21H34F3NO3S/c1-7-16(4)12-19(15(2)3)18-10-8-17(9-11-18)13-28-14-20(5,6)25-29(26,27)21(22,23)24/h8-11,15-16,19,25H,7,12-14H2,1-6H3. The van der Waals surface area contributed by atoms with Gasteiger partial charge in [0.2, 0.25) is 0 Å². The average Bonchev–Trinajstić information content (AvgIpc) is 2.57. The van der Waals surface area contributed by atoms with Crippen LogP contribution >= 0.6 is 0 Å². The van der Waals surface area contributed by atoms with E-state index >= 15 is 0 Å². The molecule has 2 unspecified atom stereocenters. The number of benzene rings is 1. The minimum absolute atomic E-state index is 0.188. The summed E-state index contributed by atoms with van der Waals surface area (Å²) in [7, 11) is -5.42. The Hall–Kier alpha value is -1.12. The third kappa shape index (κ3) is 8.26. The second-order valence-corrected chi connectivity index (χ2v) is 10.4. The van der Waals surface area contributed by atoms with E-state index in [1.807, 2.05) is 12.1 Å². The van der Waals surface area contributed by atoms with Gasteiger partial charge in [-0.2, -0.15) is 17.9 Å². The van der Waals surface area contributed by atoms with Gasteiger partial charge >= 0.3 is 15.5 Å². The van der Waals surface area contributed by atoms with E-state index in [9.17, 15) is 21.6 Å². The highest BCUT2D eigenvalue weighted by atomic mass is 32.2. The van der Waals surface area contributed by atoms with Crippen LogP contribution in [0, 0.1) is 11.8 Å². The first-order valence-electron chi connectivity index (χ1n) is 9.95. The second-order valence-electron chi connectivity index (χ2n) is 8.77.